The van der Waals surface area contributed by atoms with Gasteiger partial charge in [-0.15, -0.1) is 0 Å². The van der Waals surface area contributed by atoms with Crippen LogP contribution < -0.4 is 0 Å². The maximum atomic E-state index is 14.7. The molecule has 1 saturated carbocycles. The van der Waals surface area contributed by atoms with Crippen molar-refractivity contribution in [2.45, 2.75) is 149 Å². The second-order valence-corrected chi connectivity index (χ2v) is 16.7. The maximum absolute atomic E-state index is 14.7. The average molecular weight is 683 g/mol. The Morgan fingerprint density at radius 3 is 2.35 bits per heavy atom. The smallest absolute Gasteiger partial charge is 0.313 e. The van der Waals surface area contributed by atoms with Gasteiger partial charge in [-0.3, -0.25) is 19.2 Å². The number of hydrogen-bond acceptors (Lipinski definition) is 8. The first-order chi connectivity index (χ1) is 22.9. The Hall–Kier alpha value is -2.42. The van der Waals surface area contributed by atoms with Crippen molar-refractivity contribution in [3.05, 3.63) is 34.9 Å². The lowest BCUT2D eigenvalue weighted by Crippen LogP contribution is -2.55. The molecule has 10 atom stereocenters. The van der Waals surface area contributed by atoms with Gasteiger partial charge in [-0.2, -0.15) is 0 Å². The summed E-state index contributed by atoms with van der Waals surface area (Å²) in [6, 6.07) is 0. The minimum atomic E-state index is -1.64. The van der Waals surface area contributed by atoms with Crippen LogP contribution in [0.2, 0.25) is 0 Å². The van der Waals surface area contributed by atoms with E-state index in [1.807, 2.05) is 47.6 Å². The van der Waals surface area contributed by atoms with Gasteiger partial charge in [0.15, 0.2) is 0 Å². The topological polar surface area (TPSA) is 127 Å². The lowest BCUT2D eigenvalue weighted by Gasteiger charge is -2.50. The van der Waals surface area contributed by atoms with E-state index in [1.165, 1.54) is 7.11 Å². The predicted molar refractivity (Wildman–Crippen MR) is 189 cm³/mol. The predicted octanol–water partition coefficient (Wildman–Crippen LogP) is 7.05. The van der Waals surface area contributed by atoms with Gasteiger partial charge in [0.25, 0.3) is 0 Å². The van der Waals surface area contributed by atoms with Gasteiger partial charge in [-0.05, 0) is 82.3 Å². The Balaban J connectivity index is 1.97. The zero-order valence-electron chi connectivity index (χ0n) is 31.3. The molecule has 2 aliphatic carbocycles. The average Bonchev–Trinajstić information content (AvgIpc) is 3.02. The third-order valence-electron chi connectivity index (χ3n) is 12.4. The molecule has 0 amide bonds. The van der Waals surface area contributed by atoms with Crippen LogP contribution in [0.25, 0.3) is 0 Å². The largest absolute Gasteiger partial charge is 0.469 e. The van der Waals surface area contributed by atoms with E-state index in [1.54, 1.807) is 6.92 Å². The van der Waals surface area contributed by atoms with Crippen LogP contribution in [0.5, 0.6) is 0 Å². The van der Waals surface area contributed by atoms with Gasteiger partial charge in [0.2, 0.25) is 0 Å². The summed E-state index contributed by atoms with van der Waals surface area (Å²) in [6.45, 7) is 17.6. The van der Waals surface area contributed by atoms with E-state index in [0.29, 0.717) is 31.3 Å². The molecule has 274 valence electrons. The number of aliphatic hydroxyl groups excluding tert-OH is 1. The molecule has 8 nitrogen and oxygen atoms in total. The summed E-state index contributed by atoms with van der Waals surface area (Å²) in [7, 11) is 1.30. The molecular formula is C41H62O8. The van der Waals surface area contributed by atoms with Crippen LogP contribution in [-0.4, -0.2) is 64.6 Å². The Morgan fingerprint density at radius 2 is 1.69 bits per heavy atom. The summed E-state index contributed by atoms with van der Waals surface area (Å²) >= 11 is 0. The van der Waals surface area contributed by atoms with E-state index in [2.05, 4.69) is 6.58 Å². The summed E-state index contributed by atoms with van der Waals surface area (Å²) in [4.78, 5) is 57.3. The zero-order chi connectivity index (χ0) is 36.4. The zero-order valence-corrected chi connectivity index (χ0v) is 31.3. The molecule has 4 aliphatic rings. The van der Waals surface area contributed by atoms with Gasteiger partial charge >= 0.3 is 5.97 Å². The number of hydrogen-bond donors (Lipinski definition) is 2. The SMILES string of the molecule is C=C1CC[C@H]2O[C@H]1CC/C(C)=C/[C@H]1C(=C(C)C[C@@H]3C(=O)C[C@@H](C)CCC[C@@H](C)C(=O)C[C@@H](C(C)C)C(=O)C[C@@]31C(=O)OC)[C@@H](O)C[C@]2(C)O. The van der Waals surface area contributed by atoms with Gasteiger partial charge in [0.1, 0.15) is 17.3 Å². The van der Waals surface area contributed by atoms with Crippen molar-refractivity contribution >= 4 is 23.3 Å². The number of aliphatic hydroxyl groups is 2. The molecule has 0 unspecified atom stereocenters. The molecule has 0 aromatic carbocycles. The van der Waals surface area contributed by atoms with E-state index >= 15 is 0 Å². The van der Waals surface area contributed by atoms with Gasteiger partial charge in [-0.1, -0.05) is 64.3 Å². The first kappa shape index (κ1) is 39.4. The molecular weight excluding hydrogens is 620 g/mol. The number of esters is 1. The molecule has 49 heavy (non-hydrogen) atoms. The monoisotopic (exact) mass is 682 g/mol. The Morgan fingerprint density at radius 1 is 1.00 bits per heavy atom. The van der Waals surface area contributed by atoms with Gasteiger partial charge < -0.3 is 19.7 Å². The number of carbonyl (C=O) groups excluding carboxylic acids is 4. The van der Waals surface area contributed by atoms with Crippen molar-refractivity contribution in [1.29, 1.82) is 0 Å². The van der Waals surface area contributed by atoms with Gasteiger partial charge in [0, 0.05) is 49.4 Å². The molecule has 0 spiro atoms. The van der Waals surface area contributed by atoms with Crippen LogP contribution in [-0.2, 0) is 28.7 Å². The Bertz CT molecular complexity index is 1350. The highest BCUT2D eigenvalue weighted by atomic mass is 16.5. The van der Waals surface area contributed by atoms with Crippen LogP contribution in [0.3, 0.4) is 0 Å². The van der Waals surface area contributed by atoms with Gasteiger partial charge in [-0.25, -0.2) is 0 Å². The molecule has 2 N–H and O–H groups in total. The summed E-state index contributed by atoms with van der Waals surface area (Å²) in [5.41, 5.74) is 0.213. The van der Waals surface area contributed by atoms with Crippen molar-refractivity contribution in [2.75, 3.05) is 7.11 Å². The molecule has 1 saturated heterocycles. The second-order valence-electron chi connectivity index (χ2n) is 16.7. The molecule has 0 aromatic rings. The molecule has 2 heterocycles. The van der Waals surface area contributed by atoms with Crippen LogP contribution in [0.1, 0.15) is 126 Å². The van der Waals surface area contributed by atoms with Crippen molar-refractivity contribution in [3.63, 3.8) is 0 Å². The number of ketones is 3. The standard InChI is InChI=1S/C41H62O8/c1-23(2)29-20-32(42)26(5)12-10-11-24(3)18-33(43)30-19-28(7)38-31(41(30,22-34(29)44)39(46)48-9)17-25(4)13-15-36-27(6)14-16-37(49-36)40(8,47)21-35(38)45/h17,23-24,26,29-31,35-37,45,47H,6,10-16,18-22H2,1-5,7-9H3/b25-17+/t24-,26+,29-,30+,31-,35-,36-,37+,40-,41+/m0/s1. The fraction of sp³-hybridized carbons (Fsp3) is 0.756. The first-order valence-corrected chi connectivity index (χ1v) is 18.7. The number of fused-ring (bicyclic) bond motifs is 5. The Kier molecular flexibility index (Phi) is 12.7. The third kappa shape index (κ3) is 8.39. The molecule has 4 rings (SSSR count). The number of Topliss-reactive ketones (excluding diaryl/α,β-unsaturated/α-hetero) is 3. The second kappa shape index (κ2) is 15.9. The molecule has 2 aliphatic heterocycles. The number of rotatable bonds is 2. The molecule has 0 aromatic heterocycles. The number of methoxy groups -OCH3 is 1. The summed E-state index contributed by atoms with van der Waals surface area (Å²) < 4.78 is 12.0. The van der Waals surface area contributed by atoms with E-state index in [9.17, 15) is 29.4 Å². The van der Waals surface area contributed by atoms with E-state index in [0.717, 1.165) is 36.0 Å². The van der Waals surface area contributed by atoms with E-state index in [-0.39, 0.29) is 73.3 Å². The van der Waals surface area contributed by atoms with Gasteiger partial charge in [0.05, 0.1) is 36.4 Å². The number of allylic oxidation sites excluding steroid dienone is 3. The molecule has 2 bridgehead atoms. The van der Waals surface area contributed by atoms with Crippen LogP contribution >= 0.6 is 0 Å². The van der Waals surface area contributed by atoms with Crippen LogP contribution in [0, 0.1) is 40.9 Å². The lowest BCUT2D eigenvalue weighted by atomic mass is 9.52. The quantitative estimate of drug-likeness (QED) is 0.234. The lowest BCUT2D eigenvalue weighted by molar-refractivity contribution is -0.167. The fourth-order valence-corrected chi connectivity index (χ4v) is 9.27. The van der Waals surface area contributed by atoms with Crippen LogP contribution in [0.15, 0.2) is 34.9 Å². The summed E-state index contributed by atoms with van der Waals surface area (Å²) in [5, 5.41) is 24.0. The third-order valence-corrected chi connectivity index (χ3v) is 12.4. The fourth-order valence-electron chi connectivity index (χ4n) is 9.27. The number of ether oxygens (including phenoxy) is 2. The molecule has 2 fully saturated rings. The first-order valence-electron chi connectivity index (χ1n) is 18.7. The van der Waals surface area contributed by atoms with E-state index < -0.39 is 46.9 Å². The highest BCUT2D eigenvalue weighted by Gasteiger charge is 2.60. The highest BCUT2D eigenvalue weighted by molar-refractivity contribution is 5.97. The van der Waals surface area contributed by atoms with Crippen molar-refractivity contribution in [2.24, 2.45) is 40.9 Å². The molecule has 8 heteroatoms. The summed E-state index contributed by atoms with van der Waals surface area (Å²) in [5.74, 6) is -3.59. The normalized spacial score (nSPS) is 40.3. The van der Waals surface area contributed by atoms with Crippen molar-refractivity contribution < 1.29 is 38.9 Å². The highest BCUT2D eigenvalue weighted by Crippen LogP contribution is 2.56. The van der Waals surface area contributed by atoms with Crippen molar-refractivity contribution in [1.82, 2.24) is 0 Å². The number of carbonyl (C=O) groups is 4. The minimum absolute atomic E-state index is 0.0275. The van der Waals surface area contributed by atoms with E-state index in [4.69, 9.17) is 9.47 Å². The summed E-state index contributed by atoms with van der Waals surface area (Å²) in [6.07, 6.45) is 5.01. The minimum Gasteiger partial charge on any atom is -0.469 e. The Labute approximate surface area is 294 Å². The maximum Gasteiger partial charge on any atom is 0.313 e. The van der Waals surface area contributed by atoms with Crippen molar-refractivity contribution in [3.8, 4) is 0 Å². The van der Waals surface area contributed by atoms with Crippen LogP contribution in [0.4, 0.5) is 0 Å². The molecule has 0 radical (unpaired) electrons.